The molecule has 0 aromatic heterocycles. The van der Waals surface area contributed by atoms with Crippen LogP contribution in [0.5, 0.6) is 0 Å². The first kappa shape index (κ1) is 18.7. The number of carbonyl (C=O) groups excluding carboxylic acids is 1. The van der Waals surface area contributed by atoms with Crippen molar-refractivity contribution in [2.75, 3.05) is 0 Å². The van der Waals surface area contributed by atoms with Crippen molar-refractivity contribution in [2.24, 2.45) is 29.1 Å². The van der Waals surface area contributed by atoms with Crippen LogP contribution in [0.2, 0.25) is 0 Å². The summed E-state index contributed by atoms with van der Waals surface area (Å²) in [6.07, 6.45) is 9.33. The standard InChI is InChI=1S/C21H32O4/c1-13(6-7-14(2)19(3,4)23)15-8-9-16-17-12-18(22)25-21(17,24)11-10-20(15,16)5/h6-7,12-16,23-24H,8-11H2,1-5H3. The molecule has 1 aliphatic heterocycles. The molecule has 2 N–H and O–H groups in total. The van der Waals surface area contributed by atoms with E-state index in [1.54, 1.807) is 0 Å². The van der Waals surface area contributed by atoms with E-state index in [4.69, 9.17) is 4.74 Å². The van der Waals surface area contributed by atoms with Gasteiger partial charge >= 0.3 is 5.97 Å². The second kappa shape index (κ2) is 5.95. The maximum atomic E-state index is 11.7. The minimum Gasteiger partial charge on any atom is -0.426 e. The van der Waals surface area contributed by atoms with Gasteiger partial charge in [-0.2, -0.15) is 0 Å². The number of hydrogen-bond donors (Lipinski definition) is 2. The van der Waals surface area contributed by atoms with Crippen molar-refractivity contribution in [2.45, 2.75) is 71.7 Å². The van der Waals surface area contributed by atoms with Crippen molar-refractivity contribution >= 4 is 5.97 Å². The fourth-order valence-corrected chi connectivity index (χ4v) is 5.21. The Morgan fingerprint density at radius 3 is 2.60 bits per heavy atom. The first-order valence-electron chi connectivity index (χ1n) is 9.55. The van der Waals surface area contributed by atoms with E-state index in [-0.39, 0.29) is 17.3 Å². The van der Waals surface area contributed by atoms with E-state index in [9.17, 15) is 15.0 Å². The third-order valence-electron chi connectivity index (χ3n) is 7.23. The number of esters is 1. The van der Waals surface area contributed by atoms with E-state index in [0.29, 0.717) is 18.3 Å². The lowest BCUT2D eigenvalue weighted by atomic mass is 9.60. The molecule has 140 valence electrons. The summed E-state index contributed by atoms with van der Waals surface area (Å²) in [5, 5.41) is 20.8. The molecule has 0 amide bonds. The Kier molecular flexibility index (Phi) is 4.44. The number of aliphatic hydroxyl groups is 2. The molecular formula is C21H32O4. The number of hydrogen-bond acceptors (Lipinski definition) is 4. The predicted molar refractivity (Wildman–Crippen MR) is 96.4 cm³/mol. The fourth-order valence-electron chi connectivity index (χ4n) is 5.21. The molecule has 1 heterocycles. The summed E-state index contributed by atoms with van der Waals surface area (Å²) in [7, 11) is 0. The molecule has 0 bridgehead atoms. The first-order valence-corrected chi connectivity index (χ1v) is 9.55. The average Bonchev–Trinajstić information content (AvgIpc) is 2.99. The quantitative estimate of drug-likeness (QED) is 0.602. The first-order chi connectivity index (χ1) is 11.5. The van der Waals surface area contributed by atoms with E-state index >= 15 is 0 Å². The third-order valence-corrected chi connectivity index (χ3v) is 7.23. The SMILES string of the molecule is CC(C=CC(C)C(C)(C)O)C1CCC2C3=CC(=O)OC3(O)CCC21C. The van der Waals surface area contributed by atoms with Gasteiger partial charge in [-0.05, 0) is 56.3 Å². The Morgan fingerprint density at radius 1 is 1.28 bits per heavy atom. The van der Waals surface area contributed by atoms with E-state index in [0.717, 1.165) is 24.8 Å². The van der Waals surface area contributed by atoms with Crippen molar-refractivity contribution in [3.63, 3.8) is 0 Å². The largest absolute Gasteiger partial charge is 0.426 e. The van der Waals surface area contributed by atoms with Gasteiger partial charge in [0.05, 0.1) is 5.60 Å². The molecular weight excluding hydrogens is 316 g/mol. The van der Waals surface area contributed by atoms with E-state index in [1.165, 1.54) is 6.08 Å². The molecule has 2 saturated carbocycles. The van der Waals surface area contributed by atoms with Crippen molar-refractivity contribution in [1.29, 1.82) is 0 Å². The van der Waals surface area contributed by atoms with Crippen LogP contribution in [0.15, 0.2) is 23.8 Å². The molecule has 3 rings (SSSR count). The number of carbonyl (C=O) groups is 1. The van der Waals surface area contributed by atoms with Crippen LogP contribution in [0.25, 0.3) is 0 Å². The van der Waals surface area contributed by atoms with E-state index in [1.807, 2.05) is 20.8 Å². The number of fused-ring (bicyclic) bond motifs is 3. The molecule has 3 aliphatic rings. The highest BCUT2D eigenvalue weighted by Crippen LogP contribution is 2.62. The van der Waals surface area contributed by atoms with Crippen molar-refractivity contribution < 1.29 is 19.7 Å². The molecule has 0 spiro atoms. The fraction of sp³-hybridized carbons (Fsp3) is 0.762. The summed E-state index contributed by atoms with van der Waals surface area (Å²) in [5.74, 6) is -0.555. The molecule has 2 fully saturated rings. The van der Waals surface area contributed by atoms with Crippen LogP contribution in [0.4, 0.5) is 0 Å². The molecule has 4 heteroatoms. The summed E-state index contributed by atoms with van der Waals surface area (Å²) in [4.78, 5) is 11.7. The molecule has 0 radical (unpaired) electrons. The van der Waals surface area contributed by atoms with Gasteiger partial charge in [-0.1, -0.05) is 32.9 Å². The minimum absolute atomic E-state index is 0.0772. The molecule has 0 aromatic rings. The van der Waals surface area contributed by atoms with Crippen molar-refractivity contribution in [1.82, 2.24) is 0 Å². The van der Waals surface area contributed by atoms with Gasteiger partial charge in [-0.25, -0.2) is 4.79 Å². The summed E-state index contributed by atoms with van der Waals surface area (Å²) in [5.41, 5.74) is 0.162. The van der Waals surface area contributed by atoms with Gasteiger partial charge in [-0.15, -0.1) is 0 Å². The Morgan fingerprint density at radius 2 is 1.96 bits per heavy atom. The zero-order chi connectivity index (χ0) is 18.6. The Hall–Kier alpha value is -1.13. The second-order valence-corrected chi connectivity index (χ2v) is 9.23. The van der Waals surface area contributed by atoms with Crippen LogP contribution >= 0.6 is 0 Å². The van der Waals surface area contributed by atoms with Crippen LogP contribution in [0.1, 0.15) is 60.3 Å². The normalized spacial score (nSPS) is 40.4. The molecule has 4 nitrogen and oxygen atoms in total. The lowest BCUT2D eigenvalue weighted by molar-refractivity contribution is -0.196. The summed E-state index contributed by atoms with van der Waals surface area (Å²) in [6, 6.07) is 0. The lowest BCUT2D eigenvalue weighted by Gasteiger charge is -2.47. The smallest absolute Gasteiger partial charge is 0.333 e. The highest BCUT2D eigenvalue weighted by Gasteiger charge is 2.59. The van der Waals surface area contributed by atoms with Gasteiger partial charge in [0.15, 0.2) is 0 Å². The number of rotatable bonds is 4. The summed E-state index contributed by atoms with van der Waals surface area (Å²) >= 11 is 0. The van der Waals surface area contributed by atoms with Crippen molar-refractivity contribution in [3.8, 4) is 0 Å². The van der Waals surface area contributed by atoms with Crippen LogP contribution in [0.3, 0.4) is 0 Å². The van der Waals surface area contributed by atoms with Crippen LogP contribution in [0, 0.1) is 29.1 Å². The predicted octanol–water partition coefficient (Wildman–Crippen LogP) is 3.58. The average molecular weight is 348 g/mol. The molecule has 2 aliphatic carbocycles. The molecule has 25 heavy (non-hydrogen) atoms. The van der Waals surface area contributed by atoms with Gasteiger partial charge in [0.1, 0.15) is 0 Å². The molecule has 0 saturated heterocycles. The minimum atomic E-state index is -1.36. The lowest BCUT2D eigenvalue weighted by Crippen LogP contribution is -2.46. The topological polar surface area (TPSA) is 66.8 Å². The maximum Gasteiger partial charge on any atom is 0.333 e. The Labute approximate surface area is 151 Å². The molecule has 6 unspecified atom stereocenters. The van der Waals surface area contributed by atoms with Gasteiger partial charge in [0, 0.05) is 24.0 Å². The highest BCUT2D eigenvalue weighted by atomic mass is 16.7. The molecule has 6 atom stereocenters. The van der Waals surface area contributed by atoms with Crippen LogP contribution < -0.4 is 0 Å². The zero-order valence-electron chi connectivity index (χ0n) is 16.1. The summed E-state index contributed by atoms with van der Waals surface area (Å²) in [6.45, 7) is 10.3. The van der Waals surface area contributed by atoms with Gasteiger partial charge in [0.2, 0.25) is 5.79 Å². The van der Waals surface area contributed by atoms with Crippen LogP contribution in [-0.2, 0) is 9.53 Å². The third kappa shape index (κ3) is 3.08. The van der Waals surface area contributed by atoms with Crippen LogP contribution in [-0.4, -0.2) is 27.6 Å². The zero-order valence-corrected chi connectivity index (χ0v) is 16.1. The monoisotopic (exact) mass is 348 g/mol. The van der Waals surface area contributed by atoms with Gasteiger partial charge in [0.25, 0.3) is 0 Å². The Bertz CT molecular complexity index is 614. The van der Waals surface area contributed by atoms with Crippen molar-refractivity contribution in [3.05, 3.63) is 23.8 Å². The van der Waals surface area contributed by atoms with E-state index in [2.05, 4.69) is 26.0 Å². The van der Waals surface area contributed by atoms with Gasteiger partial charge < -0.3 is 14.9 Å². The maximum absolute atomic E-state index is 11.7. The number of allylic oxidation sites excluding steroid dienone is 1. The number of ether oxygens (including phenoxy) is 1. The second-order valence-electron chi connectivity index (χ2n) is 9.23. The highest BCUT2D eigenvalue weighted by molar-refractivity contribution is 5.86. The summed E-state index contributed by atoms with van der Waals surface area (Å²) < 4.78 is 5.20. The molecule has 0 aromatic carbocycles. The Balaban J connectivity index is 1.79. The van der Waals surface area contributed by atoms with E-state index < -0.39 is 17.4 Å². The van der Waals surface area contributed by atoms with Gasteiger partial charge in [-0.3, -0.25) is 0 Å².